The van der Waals surface area contributed by atoms with Crippen molar-refractivity contribution in [3.63, 3.8) is 0 Å². The molecule has 2 aromatic rings. The summed E-state index contributed by atoms with van der Waals surface area (Å²) in [6.07, 6.45) is 0. The fraction of sp³-hybridized carbons (Fsp3) is 0.0769. The molecule has 2 rings (SSSR count). The van der Waals surface area contributed by atoms with E-state index in [1.165, 1.54) is 11.3 Å². The zero-order valence-electron chi connectivity index (χ0n) is 9.77. The van der Waals surface area contributed by atoms with Crippen LogP contribution in [0.4, 0.5) is 0 Å². The molecule has 2 nitrogen and oxygen atoms in total. The van der Waals surface area contributed by atoms with Crippen molar-refractivity contribution in [2.45, 2.75) is 4.21 Å². The van der Waals surface area contributed by atoms with Crippen LogP contribution >= 0.6 is 34.5 Å². The summed E-state index contributed by atoms with van der Waals surface area (Å²) >= 11 is 13.0. The van der Waals surface area contributed by atoms with E-state index in [0.29, 0.717) is 25.4 Å². The smallest absolute Gasteiger partial charge is 0.191 e. The Balaban J connectivity index is 2.27. The summed E-state index contributed by atoms with van der Waals surface area (Å²) in [5.41, 5.74) is 1.11. The minimum Gasteiger partial charge on any atom is -0.223 e. The Bertz CT molecular complexity index is 684. The monoisotopic (exact) mass is 332 g/mol. The fourth-order valence-corrected chi connectivity index (χ4v) is 4.54. The first-order chi connectivity index (χ1) is 8.88. The Labute approximate surface area is 126 Å². The molecule has 0 fully saturated rings. The molecule has 0 amide bonds. The summed E-state index contributed by atoms with van der Waals surface area (Å²) in [4.78, 5) is 0. The van der Waals surface area contributed by atoms with E-state index < -0.39 is 9.84 Å². The van der Waals surface area contributed by atoms with Crippen molar-refractivity contribution < 1.29 is 8.42 Å². The van der Waals surface area contributed by atoms with Crippen molar-refractivity contribution in [1.29, 1.82) is 0 Å². The van der Waals surface area contributed by atoms with Crippen LogP contribution in [0.15, 0.2) is 46.5 Å². The Kier molecular flexibility index (Phi) is 4.36. The average Bonchev–Trinajstić information content (AvgIpc) is 2.80. The summed E-state index contributed by atoms with van der Waals surface area (Å²) in [5, 5.41) is 2.64. The molecule has 0 aliphatic carbocycles. The fourth-order valence-electron chi connectivity index (χ4n) is 1.58. The number of hydrogen-bond donors (Lipinski definition) is 0. The highest BCUT2D eigenvalue weighted by atomic mass is 35.5. The zero-order chi connectivity index (χ0) is 14.0. The Morgan fingerprint density at radius 2 is 1.84 bits per heavy atom. The van der Waals surface area contributed by atoms with E-state index in [0.717, 1.165) is 0 Å². The summed E-state index contributed by atoms with van der Waals surface area (Å²) in [5.74, 6) is -0.149. The van der Waals surface area contributed by atoms with Gasteiger partial charge in [0.25, 0.3) is 0 Å². The topological polar surface area (TPSA) is 34.1 Å². The van der Waals surface area contributed by atoms with Gasteiger partial charge in [0.15, 0.2) is 9.84 Å². The van der Waals surface area contributed by atoms with Gasteiger partial charge in [0.05, 0.1) is 5.75 Å². The molecule has 0 aliphatic rings. The lowest BCUT2D eigenvalue weighted by Crippen LogP contribution is -2.06. The molecular formula is C13H10Cl2O2S2. The second-order valence-corrected chi connectivity index (χ2v) is 7.99. The highest BCUT2D eigenvalue weighted by Gasteiger charge is 2.18. The largest absolute Gasteiger partial charge is 0.223 e. The SMILES string of the molecule is C=C(CS(=O)(=O)c1cccs1)c1cc(Cl)cc(Cl)c1. The molecule has 6 heteroatoms. The lowest BCUT2D eigenvalue weighted by Gasteiger charge is -2.07. The van der Waals surface area contributed by atoms with E-state index in [2.05, 4.69) is 6.58 Å². The van der Waals surface area contributed by atoms with Crippen LogP contribution in [-0.2, 0) is 9.84 Å². The van der Waals surface area contributed by atoms with Gasteiger partial charge >= 0.3 is 0 Å². The lowest BCUT2D eigenvalue weighted by molar-refractivity contribution is 0.601. The minimum atomic E-state index is -3.36. The molecule has 1 aromatic carbocycles. The maximum Gasteiger partial charge on any atom is 0.191 e. The Hall–Kier alpha value is -0.810. The van der Waals surface area contributed by atoms with Gasteiger partial charge in [-0.1, -0.05) is 35.8 Å². The van der Waals surface area contributed by atoms with Crippen molar-refractivity contribution in [3.8, 4) is 0 Å². The molecule has 0 unspecified atom stereocenters. The third-order valence-electron chi connectivity index (χ3n) is 2.44. The maximum absolute atomic E-state index is 12.1. The predicted molar refractivity (Wildman–Crippen MR) is 81.9 cm³/mol. The summed E-state index contributed by atoms with van der Waals surface area (Å²) in [6, 6.07) is 8.18. The molecule has 0 saturated heterocycles. The van der Waals surface area contributed by atoms with Gasteiger partial charge in [0.1, 0.15) is 4.21 Å². The third-order valence-corrected chi connectivity index (χ3v) is 6.06. The summed E-state index contributed by atoms with van der Waals surface area (Å²) in [7, 11) is -3.36. The van der Waals surface area contributed by atoms with Crippen molar-refractivity contribution in [2.75, 3.05) is 5.75 Å². The molecule has 0 spiro atoms. The number of benzene rings is 1. The van der Waals surface area contributed by atoms with E-state index in [1.54, 1.807) is 35.7 Å². The number of thiophene rings is 1. The first-order valence-corrected chi connectivity index (χ1v) is 8.58. The van der Waals surface area contributed by atoms with Crippen LogP contribution in [0.3, 0.4) is 0 Å². The van der Waals surface area contributed by atoms with Gasteiger partial charge in [-0.25, -0.2) is 8.42 Å². The third kappa shape index (κ3) is 3.60. The van der Waals surface area contributed by atoms with Crippen LogP contribution in [0.2, 0.25) is 10.0 Å². The van der Waals surface area contributed by atoms with Gasteiger partial charge in [0.2, 0.25) is 0 Å². The average molecular weight is 333 g/mol. The molecule has 0 aliphatic heterocycles. The number of rotatable bonds is 4. The molecule has 0 saturated carbocycles. The normalized spacial score (nSPS) is 11.5. The van der Waals surface area contributed by atoms with Crippen LogP contribution in [-0.4, -0.2) is 14.2 Å². The predicted octanol–water partition coefficient (Wildman–Crippen LogP) is 4.54. The van der Waals surface area contributed by atoms with Crippen LogP contribution < -0.4 is 0 Å². The van der Waals surface area contributed by atoms with E-state index in [4.69, 9.17) is 23.2 Å². The number of hydrogen-bond acceptors (Lipinski definition) is 3. The maximum atomic E-state index is 12.1. The van der Waals surface area contributed by atoms with Crippen LogP contribution in [0, 0.1) is 0 Å². The van der Waals surface area contributed by atoms with Gasteiger partial charge in [-0.2, -0.15) is 0 Å². The standard InChI is InChI=1S/C13H10Cl2O2S2/c1-9(10-5-11(14)7-12(15)6-10)8-19(16,17)13-3-2-4-18-13/h2-7H,1,8H2. The van der Waals surface area contributed by atoms with Crippen LogP contribution in [0.5, 0.6) is 0 Å². The summed E-state index contributed by atoms with van der Waals surface area (Å²) in [6.45, 7) is 3.81. The molecule has 0 atom stereocenters. The summed E-state index contributed by atoms with van der Waals surface area (Å²) < 4.78 is 24.6. The molecule has 0 radical (unpaired) electrons. The van der Waals surface area contributed by atoms with Crippen molar-refractivity contribution in [2.24, 2.45) is 0 Å². The minimum absolute atomic E-state index is 0.149. The van der Waals surface area contributed by atoms with E-state index in [1.807, 2.05) is 0 Å². The van der Waals surface area contributed by atoms with E-state index >= 15 is 0 Å². The van der Waals surface area contributed by atoms with Crippen LogP contribution in [0.1, 0.15) is 5.56 Å². The van der Waals surface area contributed by atoms with Crippen molar-refractivity contribution in [3.05, 3.63) is 57.9 Å². The number of halogens is 2. The number of sulfone groups is 1. The highest BCUT2D eigenvalue weighted by Crippen LogP contribution is 2.27. The molecule has 0 N–H and O–H groups in total. The van der Waals surface area contributed by atoms with Gasteiger partial charge in [-0.15, -0.1) is 11.3 Å². The first-order valence-electron chi connectivity index (χ1n) is 5.29. The highest BCUT2D eigenvalue weighted by molar-refractivity contribution is 7.93. The van der Waals surface area contributed by atoms with E-state index in [9.17, 15) is 8.42 Å². The van der Waals surface area contributed by atoms with Gasteiger partial charge in [0, 0.05) is 10.0 Å². The van der Waals surface area contributed by atoms with Gasteiger partial charge in [-0.3, -0.25) is 0 Å². The first kappa shape index (κ1) is 14.6. The van der Waals surface area contributed by atoms with Crippen molar-refractivity contribution in [1.82, 2.24) is 0 Å². The molecule has 1 heterocycles. The Morgan fingerprint density at radius 1 is 1.21 bits per heavy atom. The van der Waals surface area contributed by atoms with E-state index in [-0.39, 0.29) is 5.75 Å². The van der Waals surface area contributed by atoms with Crippen molar-refractivity contribution >= 4 is 49.9 Å². The Morgan fingerprint density at radius 3 is 2.37 bits per heavy atom. The molecule has 1 aromatic heterocycles. The molecule has 0 bridgehead atoms. The van der Waals surface area contributed by atoms with Gasteiger partial charge < -0.3 is 0 Å². The molecular weight excluding hydrogens is 323 g/mol. The molecule has 100 valence electrons. The van der Waals surface area contributed by atoms with Crippen LogP contribution in [0.25, 0.3) is 5.57 Å². The quantitative estimate of drug-likeness (QED) is 0.823. The second kappa shape index (κ2) is 5.67. The zero-order valence-corrected chi connectivity index (χ0v) is 12.9. The second-order valence-electron chi connectivity index (χ2n) is 3.95. The van der Waals surface area contributed by atoms with Gasteiger partial charge in [-0.05, 0) is 40.8 Å². The lowest BCUT2D eigenvalue weighted by atomic mass is 10.1. The molecule has 19 heavy (non-hydrogen) atoms.